The van der Waals surface area contributed by atoms with E-state index in [1.807, 2.05) is 24.3 Å². The number of hydrogen-bond acceptors (Lipinski definition) is 2. The van der Waals surface area contributed by atoms with Gasteiger partial charge in [-0.1, -0.05) is 37.8 Å². The van der Waals surface area contributed by atoms with Gasteiger partial charge in [-0.2, -0.15) is 0 Å². The van der Waals surface area contributed by atoms with Gasteiger partial charge in [0.2, 0.25) is 10.0 Å². The molecule has 1 aromatic carbocycles. The van der Waals surface area contributed by atoms with Crippen molar-refractivity contribution in [1.82, 2.24) is 4.72 Å². The molecule has 0 spiro atoms. The summed E-state index contributed by atoms with van der Waals surface area (Å²) >= 11 is 0. The van der Waals surface area contributed by atoms with Crippen LogP contribution in [-0.4, -0.2) is 14.7 Å². The van der Waals surface area contributed by atoms with Crippen molar-refractivity contribution in [2.75, 3.05) is 6.26 Å². The molecule has 0 aliphatic carbocycles. The highest BCUT2D eigenvalue weighted by Crippen LogP contribution is 2.11. The first-order valence-corrected chi connectivity index (χ1v) is 6.57. The number of aryl methyl sites for hydroxylation is 1. The van der Waals surface area contributed by atoms with Crippen LogP contribution >= 0.6 is 0 Å². The summed E-state index contributed by atoms with van der Waals surface area (Å²) in [5, 5.41) is 0. The minimum absolute atomic E-state index is 0.403. The number of nitrogens with one attached hydrogen (secondary N) is 1. The summed E-state index contributed by atoms with van der Waals surface area (Å²) in [7, 11) is -3.24. The molecule has 1 rings (SSSR count). The van der Waals surface area contributed by atoms with Crippen LogP contribution in [0.2, 0.25) is 0 Å². The lowest BCUT2D eigenvalue weighted by atomic mass is 10.1. The van der Waals surface area contributed by atoms with Crippen molar-refractivity contribution in [3.8, 4) is 0 Å². The normalized spacial score (nSPS) is 11.1. The minimum Gasteiger partial charge on any atom is -0.284 e. The molecule has 15 heavy (non-hydrogen) atoms. The van der Waals surface area contributed by atoms with Gasteiger partial charge in [0.25, 0.3) is 0 Å². The third kappa shape index (κ3) is 3.75. The molecule has 0 fully saturated rings. The first-order valence-electron chi connectivity index (χ1n) is 4.68. The topological polar surface area (TPSA) is 46.2 Å². The summed E-state index contributed by atoms with van der Waals surface area (Å²) in [6.07, 6.45) is 2.07. The van der Waals surface area contributed by atoms with Crippen molar-refractivity contribution in [2.45, 2.75) is 13.3 Å². The Morgan fingerprint density at radius 1 is 1.33 bits per heavy atom. The standard InChI is InChI=1S/C11H15NO2S/c1-4-10-5-7-11(8-6-10)9(2)12-15(3,13)14/h5-8,12H,2,4H2,1,3H3. The summed E-state index contributed by atoms with van der Waals surface area (Å²) < 4.78 is 24.3. The quantitative estimate of drug-likeness (QED) is 0.848. The number of rotatable bonds is 4. The van der Waals surface area contributed by atoms with E-state index >= 15 is 0 Å². The van der Waals surface area contributed by atoms with Gasteiger partial charge in [0.05, 0.1) is 6.26 Å². The third-order valence-corrected chi connectivity index (χ3v) is 2.64. The van der Waals surface area contributed by atoms with Crippen LogP contribution in [0.25, 0.3) is 5.70 Å². The average Bonchev–Trinajstić information content (AvgIpc) is 2.15. The van der Waals surface area contributed by atoms with Crippen LogP contribution in [-0.2, 0) is 16.4 Å². The Balaban J connectivity index is 2.84. The number of hydrogen-bond donors (Lipinski definition) is 1. The molecule has 1 aromatic rings. The van der Waals surface area contributed by atoms with Crippen LogP contribution in [0.4, 0.5) is 0 Å². The molecule has 0 aromatic heterocycles. The Kier molecular flexibility index (Phi) is 3.52. The highest BCUT2D eigenvalue weighted by atomic mass is 32.2. The Morgan fingerprint density at radius 3 is 2.27 bits per heavy atom. The van der Waals surface area contributed by atoms with Gasteiger partial charge in [0.15, 0.2) is 0 Å². The van der Waals surface area contributed by atoms with Gasteiger partial charge in [-0.15, -0.1) is 0 Å². The molecule has 0 saturated carbocycles. The van der Waals surface area contributed by atoms with Gasteiger partial charge in [-0.25, -0.2) is 8.42 Å². The van der Waals surface area contributed by atoms with Gasteiger partial charge in [0.1, 0.15) is 0 Å². The van der Waals surface area contributed by atoms with E-state index in [-0.39, 0.29) is 0 Å². The highest BCUT2D eigenvalue weighted by Gasteiger charge is 2.04. The largest absolute Gasteiger partial charge is 0.284 e. The number of benzene rings is 1. The number of sulfonamides is 1. The van der Waals surface area contributed by atoms with E-state index in [0.29, 0.717) is 5.70 Å². The van der Waals surface area contributed by atoms with Crippen LogP contribution in [0.5, 0.6) is 0 Å². The molecule has 0 aliphatic rings. The fourth-order valence-corrected chi connectivity index (χ4v) is 1.79. The molecular weight excluding hydrogens is 210 g/mol. The zero-order chi connectivity index (χ0) is 11.5. The average molecular weight is 225 g/mol. The molecule has 0 radical (unpaired) electrons. The second-order valence-electron chi connectivity index (χ2n) is 3.40. The van der Waals surface area contributed by atoms with Gasteiger partial charge >= 0.3 is 0 Å². The molecule has 82 valence electrons. The highest BCUT2D eigenvalue weighted by molar-refractivity contribution is 7.89. The molecule has 0 heterocycles. The molecule has 0 aliphatic heterocycles. The first-order chi connectivity index (χ1) is 6.92. The zero-order valence-corrected chi connectivity index (χ0v) is 9.76. The Bertz CT molecular complexity index is 446. The van der Waals surface area contributed by atoms with E-state index in [2.05, 4.69) is 18.2 Å². The van der Waals surface area contributed by atoms with E-state index in [0.717, 1.165) is 18.2 Å². The fraction of sp³-hybridized carbons (Fsp3) is 0.273. The minimum atomic E-state index is -3.24. The zero-order valence-electron chi connectivity index (χ0n) is 8.95. The molecule has 4 heteroatoms. The second kappa shape index (κ2) is 4.49. The van der Waals surface area contributed by atoms with Gasteiger partial charge in [0, 0.05) is 5.70 Å². The Labute approximate surface area is 90.9 Å². The first kappa shape index (κ1) is 11.8. The monoisotopic (exact) mass is 225 g/mol. The summed E-state index contributed by atoms with van der Waals surface area (Å²) in [4.78, 5) is 0. The Hall–Kier alpha value is -1.29. The van der Waals surface area contributed by atoms with E-state index in [4.69, 9.17) is 0 Å². The van der Waals surface area contributed by atoms with Crippen molar-refractivity contribution >= 4 is 15.7 Å². The molecule has 0 unspecified atom stereocenters. The maximum Gasteiger partial charge on any atom is 0.229 e. The van der Waals surface area contributed by atoms with E-state index in [9.17, 15) is 8.42 Å². The SMILES string of the molecule is C=C(NS(C)(=O)=O)c1ccc(CC)cc1. The lowest BCUT2D eigenvalue weighted by molar-refractivity contribution is 0.597. The predicted octanol–water partition coefficient (Wildman–Crippen LogP) is 1.77. The van der Waals surface area contributed by atoms with Crippen LogP contribution in [0.3, 0.4) is 0 Å². The molecule has 0 saturated heterocycles. The van der Waals surface area contributed by atoms with Crippen LogP contribution in [0.15, 0.2) is 30.8 Å². The molecule has 1 N–H and O–H groups in total. The molecule has 3 nitrogen and oxygen atoms in total. The molecule has 0 atom stereocenters. The summed E-state index contributed by atoms with van der Waals surface area (Å²) in [6.45, 7) is 5.74. The van der Waals surface area contributed by atoms with E-state index < -0.39 is 10.0 Å². The lowest BCUT2D eigenvalue weighted by Gasteiger charge is -2.07. The van der Waals surface area contributed by atoms with Crippen LogP contribution < -0.4 is 4.72 Å². The van der Waals surface area contributed by atoms with Crippen LogP contribution in [0, 0.1) is 0 Å². The van der Waals surface area contributed by atoms with E-state index in [1.165, 1.54) is 5.56 Å². The summed E-state index contributed by atoms with van der Waals surface area (Å²) in [5.41, 5.74) is 2.41. The van der Waals surface area contributed by atoms with Gasteiger partial charge in [-0.05, 0) is 17.5 Å². The summed E-state index contributed by atoms with van der Waals surface area (Å²) in [6, 6.07) is 7.65. The fourth-order valence-electron chi connectivity index (χ4n) is 1.22. The van der Waals surface area contributed by atoms with Crippen molar-refractivity contribution in [3.63, 3.8) is 0 Å². The smallest absolute Gasteiger partial charge is 0.229 e. The Morgan fingerprint density at radius 2 is 1.87 bits per heavy atom. The lowest BCUT2D eigenvalue weighted by Crippen LogP contribution is -2.19. The second-order valence-corrected chi connectivity index (χ2v) is 5.15. The van der Waals surface area contributed by atoms with Crippen molar-refractivity contribution < 1.29 is 8.42 Å². The maximum absolute atomic E-state index is 11.0. The van der Waals surface area contributed by atoms with Crippen LogP contribution in [0.1, 0.15) is 18.1 Å². The predicted molar refractivity (Wildman–Crippen MR) is 62.8 cm³/mol. The van der Waals surface area contributed by atoms with Gasteiger partial charge < -0.3 is 0 Å². The van der Waals surface area contributed by atoms with Crippen molar-refractivity contribution in [2.24, 2.45) is 0 Å². The summed E-state index contributed by atoms with van der Waals surface area (Å²) in [5.74, 6) is 0. The molecule has 0 amide bonds. The molecular formula is C11H15NO2S. The molecule has 0 bridgehead atoms. The van der Waals surface area contributed by atoms with Crippen molar-refractivity contribution in [1.29, 1.82) is 0 Å². The maximum atomic E-state index is 11.0. The van der Waals surface area contributed by atoms with Crippen molar-refractivity contribution in [3.05, 3.63) is 42.0 Å². The third-order valence-electron chi connectivity index (χ3n) is 2.02. The van der Waals surface area contributed by atoms with Gasteiger partial charge in [-0.3, -0.25) is 4.72 Å². The van der Waals surface area contributed by atoms with E-state index in [1.54, 1.807) is 0 Å².